The monoisotopic (exact) mass is 339 g/mol. The summed E-state index contributed by atoms with van der Waals surface area (Å²) in [6.45, 7) is 0.631. The van der Waals surface area contributed by atoms with Gasteiger partial charge in [-0.2, -0.15) is 0 Å². The highest BCUT2D eigenvalue weighted by Crippen LogP contribution is 2.31. The van der Waals surface area contributed by atoms with Crippen LogP contribution in [0.4, 0.5) is 11.5 Å². The van der Waals surface area contributed by atoms with Crippen LogP contribution in [0.2, 0.25) is 0 Å². The molecule has 1 aliphatic heterocycles. The summed E-state index contributed by atoms with van der Waals surface area (Å²) in [4.78, 5) is 17.1. The number of rotatable bonds is 4. The molecule has 3 aromatic heterocycles. The van der Waals surface area contributed by atoms with Crippen LogP contribution < -0.4 is 5.32 Å². The molecule has 0 amide bonds. The van der Waals surface area contributed by atoms with Gasteiger partial charge in [0.2, 0.25) is 0 Å². The first-order valence-electron chi connectivity index (χ1n) is 8.64. The lowest BCUT2D eigenvalue weighted by Gasteiger charge is -2.09. The molecule has 5 heteroatoms. The van der Waals surface area contributed by atoms with Gasteiger partial charge in [0.25, 0.3) is 0 Å². The van der Waals surface area contributed by atoms with Crippen LogP contribution in [0.15, 0.2) is 72.0 Å². The standard InChI is InChI=1S/C21H17N5/c1-2-7-18-14(5-1)11-19(25-18)17-12-20(26-21-16(17)8-10-23-21)24-13-15-6-3-4-9-22-15/h1-10,12H,11,13H2,(H2,23,24,26). The van der Waals surface area contributed by atoms with Crippen molar-refractivity contribution in [1.82, 2.24) is 15.0 Å². The van der Waals surface area contributed by atoms with Gasteiger partial charge in [-0.3, -0.25) is 9.98 Å². The Morgan fingerprint density at radius 1 is 1.04 bits per heavy atom. The van der Waals surface area contributed by atoms with E-state index in [4.69, 9.17) is 4.99 Å². The maximum Gasteiger partial charge on any atom is 0.140 e. The second kappa shape index (κ2) is 6.11. The molecule has 5 nitrogen and oxygen atoms in total. The van der Waals surface area contributed by atoms with E-state index < -0.39 is 0 Å². The summed E-state index contributed by atoms with van der Waals surface area (Å²) in [6, 6.07) is 18.4. The second-order valence-electron chi connectivity index (χ2n) is 6.33. The summed E-state index contributed by atoms with van der Waals surface area (Å²) in [5.74, 6) is 0.819. The van der Waals surface area contributed by atoms with Gasteiger partial charge in [-0.25, -0.2) is 4.98 Å². The molecule has 5 rings (SSSR count). The van der Waals surface area contributed by atoms with E-state index in [-0.39, 0.29) is 0 Å². The van der Waals surface area contributed by atoms with E-state index in [1.807, 2.05) is 30.5 Å². The van der Waals surface area contributed by atoms with Crippen molar-refractivity contribution in [2.45, 2.75) is 13.0 Å². The van der Waals surface area contributed by atoms with Gasteiger partial charge in [0.05, 0.1) is 23.6 Å². The van der Waals surface area contributed by atoms with Crippen molar-refractivity contribution in [3.05, 3.63) is 83.8 Å². The third-order valence-corrected chi connectivity index (χ3v) is 4.62. The van der Waals surface area contributed by atoms with E-state index >= 15 is 0 Å². The maximum atomic E-state index is 4.85. The lowest BCUT2D eigenvalue weighted by molar-refractivity contribution is 1.03. The Balaban J connectivity index is 1.51. The Hall–Kier alpha value is -3.47. The van der Waals surface area contributed by atoms with Crippen molar-refractivity contribution in [3.63, 3.8) is 0 Å². The number of hydrogen-bond donors (Lipinski definition) is 2. The molecule has 0 unspecified atom stereocenters. The SMILES string of the molecule is c1ccc(CNc2cc(C3=Nc4ccccc4C3)c3cc[nH]c3n2)nc1. The first kappa shape index (κ1) is 14.8. The predicted octanol–water partition coefficient (Wildman–Crippen LogP) is 4.25. The van der Waals surface area contributed by atoms with Crippen LogP contribution in [0, 0.1) is 0 Å². The number of H-pyrrole nitrogens is 1. The lowest BCUT2D eigenvalue weighted by Crippen LogP contribution is -2.07. The number of fused-ring (bicyclic) bond motifs is 2. The number of hydrogen-bond acceptors (Lipinski definition) is 4. The number of aliphatic imine (C=N–C) groups is 1. The number of pyridine rings is 2. The molecular formula is C21H17N5. The van der Waals surface area contributed by atoms with Gasteiger partial charge in [0.15, 0.2) is 0 Å². The fraction of sp³-hybridized carbons (Fsp3) is 0.0952. The Kier molecular flexibility index (Phi) is 3.49. The number of para-hydroxylation sites is 1. The Bertz CT molecular complexity index is 1110. The van der Waals surface area contributed by atoms with Crippen LogP contribution in [0.25, 0.3) is 11.0 Å². The van der Waals surface area contributed by atoms with Gasteiger partial charge >= 0.3 is 0 Å². The van der Waals surface area contributed by atoms with E-state index in [1.165, 1.54) is 5.56 Å². The van der Waals surface area contributed by atoms with Gasteiger partial charge in [-0.05, 0) is 35.9 Å². The molecule has 4 heterocycles. The third kappa shape index (κ3) is 2.63. The quantitative estimate of drug-likeness (QED) is 0.584. The fourth-order valence-corrected chi connectivity index (χ4v) is 3.34. The zero-order valence-corrected chi connectivity index (χ0v) is 14.1. The van der Waals surface area contributed by atoms with Crippen LogP contribution in [-0.4, -0.2) is 20.7 Å². The average Bonchev–Trinajstić information content (AvgIpc) is 3.33. The Labute approximate surface area is 150 Å². The average molecular weight is 339 g/mol. The molecule has 4 aromatic rings. The summed E-state index contributed by atoms with van der Waals surface area (Å²) >= 11 is 0. The molecule has 26 heavy (non-hydrogen) atoms. The van der Waals surface area contributed by atoms with E-state index in [0.29, 0.717) is 6.54 Å². The molecule has 0 atom stereocenters. The number of aromatic amines is 1. The van der Waals surface area contributed by atoms with Crippen molar-refractivity contribution in [2.75, 3.05) is 5.32 Å². The highest BCUT2D eigenvalue weighted by Gasteiger charge is 2.19. The molecular weight excluding hydrogens is 322 g/mol. The molecule has 1 aromatic carbocycles. The maximum absolute atomic E-state index is 4.85. The first-order chi connectivity index (χ1) is 12.9. The van der Waals surface area contributed by atoms with Crippen LogP contribution >= 0.6 is 0 Å². The van der Waals surface area contributed by atoms with E-state index in [2.05, 4.69) is 50.6 Å². The second-order valence-corrected chi connectivity index (χ2v) is 6.33. The third-order valence-electron chi connectivity index (χ3n) is 4.62. The molecule has 0 fully saturated rings. The van der Waals surface area contributed by atoms with Gasteiger partial charge in [0, 0.05) is 29.8 Å². The molecule has 1 aliphatic rings. The molecule has 126 valence electrons. The summed E-state index contributed by atoms with van der Waals surface area (Å²) in [7, 11) is 0. The normalized spacial score (nSPS) is 12.8. The summed E-state index contributed by atoms with van der Waals surface area (Å²) in [5.41, 5.74) is 6.38. The topological polar surface area (TPSA) is 66.0 Å². The van der Waals surface area contributed by atoms with Crippen molar-refractivity contribution in [3.8, 4) is 0 Å². The molecule has 0 saturated heterocycles. The Morgan fingerprint density at radius 2 is 1.96 bits per heavy atom. The Morgan fingerprint density at radius 3 is 2.85 bits per heavy atom. The van der Waals surface area contributed by atoms with Crippen LogP contribution in [0.1, 0.15) is 16.8 Å². The van der Waals surface area contributed by atoms with E-state index in [1.54, 1.807) is 6.20 Å². The number of nitrogens with one attached hydrogen (secondary N) is 2. The molecule has 0 spiro atoms. The summed E-state index contributed by atoms with van der Waals surface area (Å²) < 4.78 is 0. The van der Waals surface area contributed by atoms with Gasteiger partial charge in [-0.1, -0.05) is 24.3 Å². The first-order valence-corrected chi connectivity index (χ1v) is 8.64. The number of benzene rings is 1. The minimum atomic E-state index is 0.631. The zero-order valence-electron chi connectivity index (χ0n) is 14.1. The highest BCUT2D eigenvalue weighted by atomic mass is 15.0. The van der Waals surface area contributed by atoms with Crippen molar-refractivity contribution < 1.29 is 0 Å². The molecule has 0 radical (unpaired) electrons. The number of aromatic nitrogens is 3. The fourth-order valence-electron chi connectivity index (χ4n) is 3.34. The largest absolute Gasteiger partial charge is 0.364 e. The molecule has 0 bridgehead atoms. The lowest BCUT2D eigenvalue weighted by atomic mass is 10.0. The van der Waals surface area contributed by atoms with Gasteiger partial charge in [0.1, 0.15) is 11.5 Å². The number of anilines is 1. The predicted molar refractivity (Wildman–Crippen MR) is 104 cm³/mol. The van der Waals surface area contributed by atoms with E-state index in [0.717, 1.165) is 45.9 Å². The van der Waals surface area contributed by atoms with Gasteiger partial charge in [-0.15, -0.1) is 0 Å². The highest BCUT2D eigenvalue weighted by molar-refractivity contribution is 6.14. The van der Waals surface area contributed by atoms with Crippen molar-refractivity contribution in [2.24, 2.45) is 4.99 Å². The summed E-state index contributed by atoms with van der Waals surface area (Å²) in [6.07, 6.45) is 4.57. The summed E-state index contributed by atoms with van der Waals surface area (Å²) in [5, 5.41) is 4.48. The minimum Gasteiger partial charge on any atom is -0.364 e. The van der Waals surface area contributed by atoms with Crippen molar-refractivity contribution >= 4 is 28.3 Å². The van der Waals surface area contributed by atoms with Gasteiger partial charge < -0.3 is 10.3 Å². The smallest absolute Gasteiger partial charge is 0.140 e. The van der Waals surface area contributed by atoms with Crippen LogP contribution in [0.5, 0.6) is 0 Å². The molecule has 2 N–H and O–H groups in total. The molecule has 0 aliphatic carbocycles. The van der Waals surface area contributed by atoms with E-state index in [9.17, 15) is 0 Å². The number of nitrogens with zero attached hydrogens (tertiary/aromatic N) is 3. The van der Waals surface area contributed by atoms with Crippen molar-refractivity contribution in [1.29, 1.82) is 0 Å². The zero-order chi connectivity index (χ0) is 17.3. The molecule has 0 saturated carbocycles. The van der Waals surface area contributed by atoms with Crippen LogP contribution in [0.3, 0.4) is 0 Å². The minimum absolute atomic E-state index is 0.631. The van der Waals surface area contributed by atoms with Crippen LogP contribution in [-0.2, 0) is 13.0 Å².